The van der Waals surface area contributed by atoms with Gasteiger partial charge >= 0.3 is 0 Å². The Morgan fingerprint density at radius 1 is 1.70 bits per heavy atom. The number of hydrogen-bond donors (Lipinski definition) is 0. The molecule has 0 bridgehead atoms. The third kappa shape index (κ3) is 2.16. The Bertz CT molecular complexity index is 138. The van der Waals surface area contributed by atoms with Crippen molar-refractivity contribution < 1.29 is 13.6 Å². The van der Waals surface area contributed by atoms with Crippen LogP contribution in [0.15, 0.2) is 5.11 Å². The highest BCUT2D eigenvalue weighted by Gasteiger charge is 2.21. The van der Waals surface area contributed by atoms with Crippen LogP contribution in [0.25, 0.3) is 5.53 Å². The van der Waals surface area contributed by atoms with Crippen LogP contribution in [0, 0.1) is 0 Å². The SMILES string of the molecule is CCC(N=[N-])C(=O)C(F)F. The predicted octanol–water partition coefficient (Wildman–Crippen LogP) is 1.62. The Labute approximate surface area is 56.9 Å². The lowest BCUT2D eigenvalue weighted by molar-refractivity contribution is -0.130. The van der Waals surface area contributed by atoms with Crippen LogP contribution in [0.3, 0.4) is 0 Å². The summed E-state index contributed by atoms with van der Waals surface area (Å²) in [4.78, 5) is 10.3. The number of carbonyl (C=O) groups is 1. The van der Waals surface area contributed by atoms with Crippen molar-refractivity contribution in [2.24, 2.45) is 5.11 Å². The van der Waals surface area contributed by atoms with Gasteiger partial charge in [0, 0.05) is 0 Å². The van der Waals surface area contributed by atoms with Gasteiger partial charge < -0.3 is 10.6 Å². The third-order valence-electron chi connectivity index (χ3n) is 1.07. The van der Waals surface area contributed by atoms with Gasteiger partial charge in [-0.05, 0) is 6.42 Å². The molecule has 0 aliphatic rings. The largest absolute Gasteiger partial charge is 0.711 e. The summed E-state index contributed by atoms with van der Waals surface area (Å²) in [5.74, 6) is -1.33. The van der Waals surface area contributed by atoms with E-state index < -0.39 is 18.3 Å². The zero-order valence-electron chi connectivity index (χ0n) is 5.42. The van der Waals surface area contributed by atoms with Crippen LogP contribution in [0.1, 0.15) is 13.3 Å². The molecule has 0 rings (SSSR count). The summed E-state index contributed by atoms with van der Waals surface area (Å²) >= 11 is 0. The molecule has 0 aliphatic carbocycles. The highest BCUT2D eigenvalue weighted by atomic mass is 19.3. The number of hydrogen-bond acceptors (Lipinski definition) is 2. The fourth-order valence-corrected chi connectivity index (χ4v) is 0.485. The molecule has 0 aromatic heterocycles. The molecule has 0 spiro atoms. The van der Waals surface area contributed by atoms with Crippen LogP contribution in [0.5, 0.6) is 0 Å². The molecule has 1 unspecified atom stereocenters. The van der Waals surface area contributed by atoms with Crippen molar-refractivity contribution in [3.63, 3.8) is 0 Å². The van der Waals surface area contributed by atoms with Crippen molar-refractivity contribution in [2.45, 2.75) is 25.8 Å². The predicted molar refractivity (Wildman–Crippen MR) is 30.9 cm³/mol. The van der Waals surface area contributed by atoms with E-state index in [4.69, 9.17) is 5.53 Å². The summed E-state index contributed by atoms with van der Waals surface area (Å²) in [6.45, 7) is 1.49. The fourth-order valence-electron chi connectivity index (χ4n) is 0.485. The Hall–Kier alpha value is -0.870. The summed E-state index contributed by atoms with van der Waals surface area (Å²) < 4.78 is 23.1. The van der Waals surface area contributed by atoms with Crippen molar-refractivity contribution in [3.8, 4) is 0 Å². The van der Waals surface area contributed by atoms with E-state index in [9.17, 15) is 13.6 Å². The molecule has 58 valence electrons. The molecular weight excluding hydrogens is 142 g/mol. The zero-order chi connectivity index (χ0) is 8.15. The average Bonchev–Trinajstić information content (AvgIpc) is 1.90. The lowest BCUT2D eigenvalue weighted by Gasteiger charge is -2.09. The number of nitrogens with zero attached hydrogens (tertiary/aromatic N) is 2. The van der Waals surface area contributed by atoms with Gasteiger partial charge in [-0.3, -0.25) is 4.79 Å². The number of ketones is 1. The van der Waals surface area contributed by atoms with Crippen molar-refractivity contribution in [1.82, 2.24) is 0 Å². The van der Waals surface area contributed by atoms with E-state index >= 15 is 0 Å². The van der Waals surface area contributed by atoms with Gasteiger partial charge in [0.2, 0.25) is 5.78 Å². The van der Waals surface area contributed by atoms with Crippen LogP contribution in [-0.2, 0) is 4.79 Å². The van der Waals surface area contributed by atoms with Gasteiger partial charge in [0.1, 0.15) is 0 Å². The smallest absolute Gasteiger partial charge is 0.298 e. The number of halogens is 2. The Morgan fingerprint density at radius 2 is 2.20 bits per heavy atom. The van der Waals surface area contributed by atoms with Gasteiger partial charge in [-0.1, -0.05) is 6.92 Å². The minimum absolute atomic E-state index is 0.0969. The lowest BCUT2D eigenvalue weighted by Crippen LogP contribution is -2.23. The van der Waals surface area contributed by atoms with Crippen LogP contribution < -0.4 is 0 Å². The van der Waals surface area contributed by atoms with Gasteiger partial charge in [-0.25, -0.2) is 8.78 Å². The standard InChI is InChI=1S/C5H7F2N2O/c1-2-3(9-8)4(10)5(6)7/h3,5H,2H2,1H3/q-1. The number of Topliss-reactive ketones (excluding diaryl/α,β-unsaturated/α-hetero) is 1. The van der Waals surface area contributed by atoms with E-state index in [-0.39, 0.29) is 6.42 Å². The Balaban J connectivity index is 4.02. The van der Waals surface area contributed by atoms with Crippen LogP contribution >= 0.6 is 0 Å². The topological polar surface area (TPSA) is 51.7 Å². The summed E-state index contributed by atoms with van der Waals surface area (Å²) in [6.07, 6.45) is -2.94. The monoisotopic (exact) mass is 149 g/mol. The van der Waals surface area contributed by atoms with Crippen molar-refractivity contribution >= 4 is 5.78 Å². The maximum absolute atomic E-state index is 11.5. The third-order valence-corrected chi connectivity index (χ3v) is 1.07. The molecule has 0 aliphatic heterocycles. The fraction of sp³-hybridized carbons (Fsp3) is 0.800. The Kier molecular flexibility index (Phi) is 3.68. The van der Waals surface area contributed by atoms with Crippen LogP contribution in [-0.4, -0.2) is 18.3 Å². The molecule has 0 amide bonds. The number of rotatable bonds is 4. The van der Waals surface area contributed by atoms with E-state index in [0.29, 0.717) is 0 Å². The van der Waals surface area contributed by atoms with Crippen LogP contribution in [0.4, 0.5) is 8.78 Å². The molecule has 0 radical (unpaired) electrons. The lowest BCUT2D eigenvalue weighted by atomic mass is 10.1. The molecule has 0 saturated carbocycles. The first-order valence-electron chi connectivity index (χ1n) is 2.79. The first-order chi connectivity index (χ1) is 4.63. The van der Waals surface area contributed by atoms with Gasteiger partial charge in [0.25, 0.3) is 6.43 Å². The van der Waals surface area contributed by atoms with Gasteiger partial charge in [0.05, 0.1) is 6.04 Å². The van der Waals surface area contributed by atoms with E-state index in [0.717, 1.165) is 0 Å². The molecule has 0 saturated heterocycles. The van der Waals surface area contributed by atoms with Gasteiger partial charge in [-0.2, -0.15) is 0 Å². The minimum Gasteiger partial charge on any atom is -0.711 e. The average molecular weight is 149 g/mol. The first-order valence-corrected chi connectivity index (χ1v) is 2.79. The second kappa shape index (κ2) is 4.03. The van der Waals surface area contributed by atoms with Crippen LogP contribution in [0.2, 0.25) is 0 Å². The summed E-state index contributed by atoms with van der Waals surface area (Å²) in [5.41, 5.74) is 8.02. The zero-order valence-corrected chi connectivity index (χ0v) is 5.42. The number of alkyl halides is 2. The number of carbonyl (C=O) groups excluding carboxylic acids is 1. The maximum atomic E-state index is 11.5. The first kappa shape index (κ1) is 9.13. The second-order valence-corrected chi connectivity index (χ2v) is 1.74. The summed E-state index contributed by atoms with van der Waals surface area (Å²) in [6, 6.07) is -1.26. The maximum Gasteiger partial charge on any atom is 0.298 e. The molecule has 0 fully saturated rings. The van der Waals surface area contributed by atoms with Gasteiger partial charge in [0.15, 0.2) is 0 Å². The second-order valence-electron chi connectivity index (χ2n) is 1.74. The molecule has 0 aromatic carbocycles. The quantitative estimate of drug-likeness (QED) is 0.560. The molecule has 3 nitrogen and oxygen atoms in total. The van der Waals surface area contributed by atoms with Crippen molar-refractivity contribution in [1.29, 1.82) is 0 Å². The summed E-state index contributed by atoms with van der Waals surface area (Å²) in [5, 5.41) is 2.50. The van der Waals surface area contributed by atoms with Crippen molar-refractivity contribution in [2.75, 3.05) is 0 Å². The van der Waals surface area contributed by atoms with E-state index in [1.807, 2.05) is 0 Å². The Morgan fingerprint density at radius 3 is 2.30 bits per heavy atom. The van der Waals surface area contributed by atoms with E-state index in [1.165, 1.54) is 6.92 Å². The molecule has 1 atom stereocenters. The molecule has 0 heterocycles. The molecule has 0 aromatic rings. The molecule has 10 heavy (non-hydrogen) atoms. The van der Waals surface area contributed by atoms with Gasteiger partial charge in [-0.15, -0.1) is 0 Å². The molecule has 5 heteroatoms. The highest BCUT2D eigenvalue weighted by Crippen LogP contribution is 2.05. The van der Waals surface area contributed by atoms with E-state index in [1.54, 1.807) is 0 Å². The minimum atomic E-state index is -3.04. The molecule has 0 N–H and O–H groups in total. The van der Waals surface area contributed by atoms with Crippen molar-refractivity contribution in [3.05, 3.63) is 5.53 Å². The normalized spacial score (nSPS) is 13.2. The highest BCUT2D eigenvalue weighted by molar-refractivity contribution is 5.86. The summed E-state index contributed by atoms with van der Waals surface area (Å²) in [7, 11) is 0. The van der Waals surface area contributed by atoms with E-state index in [2.05, 4.69) is 5.11 Å². The molecular formula is C5H7F2N2O-.